The van der Waals surface area contributed by atoms with Crippen LogP contribution in [0.25, 0.3) is 5.65 Å². The lowest BCUT2D eigenvalue weighted by atomic mass is 10.1. The van der Waals surface area contributed by atoms with Gasteiger partial charge in [-0.15, -0.1) is 0 Å². The fraction of sp³-hybridized carbons (Fsp3) is 0.400. The Morgan fingerprint density at radius 1 is 1.53 bits per heavy atom. The molecule has 0 amide bonds. The molecule has 1 aliphatic heterocycles. The van der Waals surface area contributed by atoms with Gasteiger partial charge in [-0.25, -0.2) is 9.97 Å². The van der Waals surface area contributed by atoms with Crippen LogP contribution in [-0.4, -0.2) is 27.0 Å². The molecule has 15 heavy (non-hydrogen) atoms. The topological polar surface area (TPSA) is 33.4 Å². The Kier molecular flexibility index (Phi) is 1.95. The first kappa shape index (κ1) is 9.15. The van der Waals surface area contributed by atoms with Gasteiger partial charge >= 0.3 is 0 Å². The molecule has 1 atom stereocenters. The van der Waals surface area contributed by atoms with Crippen molar-refractivity contribution < 1.29 is 0 Å². The van der Waals surface area contributed by atoms with Crippen LogP contribution in [0.4, 0.5) is 5.82 Å². The lowest BCUT2D eigenvalue weighted by Gasteiger charge is -2.39. The van der Waals surface area contributed by atoms with Crippen LogP contribution in [0.15, 0.2) is 23.2 Å². The van der Waals surface area contributed by atoms with Gasteiger partial charge in [-0.3, -0.25) is 0 Å². The van der Waals surface area contributed by atoms with Gasteiger partial charge < -0.3 is 9.30 Å². The van der Waals surface area contributed by atoms with Gasteiger partial charge in [0.1, 0.15) is 4.60 Å². The number of imidazole rings is 1. The van der Waals surface area contributed by atoms with Gasteiger partial charge in [0.15, 0.2) is 11.5 Å². The van der Waals surface area contributed by atoms with Crippen molar-refractivity contribution >= 4 is 27.4 Å². The quantitative estimate of drug-likeness (QED) is 0.793. The number of hydrogen-bond acceptors (Lipinski definition) is 3. The summed E-state index contributed by atoms with van der Waals surface area (Å²) in [5.74, 6) is 0.980. The molecule has 0 N–H and O–H groups in total. The van der Waals surface area contributed by atoms with E-state index in [9.17, 15) is 0 Å². The summed E-state index contributed by atoms with van der Waals surface area (Å²) in [5, 5.41) is 0. The standard InChI is InChI=1S/C10H11BrN4/c1-7-2-4-15(7)10-9-12-3-5-14(9)6-8(11)13-10/h3,5-7H,2,4H2,1H3/t7-/m0/s1. The van der Waals surface area contributed by atoms with Crippen LogP contribution < -0.4 is 4.90 Å². The van der Waals surface area contributed by atoms with E-state index in [0.717, 1.165) is 22.6 Å². The van der Waals surface area contributed by atoms with Crippen molar-refractivity contribution in [2.75, 3.05) is 11.4 Å². The summed E-state index contributed by atoms with van der Waals surface area (Å²) in [6.45, 7) is 3.29. The highest BCUT2D eigenvalue weighted by atomic mass is 79.9. The molecule has 0 aliphatic carbocycles. The summed E-state index contributed by atoms with van der Waals surface area (Å²) in [6, 6.07) is 0.576. The van der Waals surface area contributed by atoms with Crippen molar-refractivity contribution in [2.24, 2.45) is 0 Å². The van der Waals surface area contributed by atoms with E-state index in [4.69, 9.17) is 0 Å². The maximum Gasteiger partial charge on any atom is 0.180 e. The summed E-state index contributed by atoms with van der Waals surface area (Å²) in [5.41, 5.74) is 0.935. The summed E-state index contributed by atoms with van der Waals surface area (Å²) in [4.78, 5) is 11.1. The molecule has 0 aromatic carbocycles. The maximum absolute atomic E-state index is 4.51. The minimum atomic E-state index is 0.576. The molecule has 4 nitrogen and oxygen atoms in total. The van der Waals surface area contributed by atoms with E-state index >= 15 is 0 Å². The van der Waals surface area contributed by atoms with Gasteiger partial charge in [0.25, 0.3) is 0 Å². The third kappa shape index (κ3) is 1.33. The molecule has 5 heteroatoms. The Morgan fingerprint density at radius 3 is 3.07 bits per heavy atom. The van der Waals surface area contributed by atoms with Gasteiger partial charge in [-0.05, 0) is 29.3 Å². The Balaban J connectivity index is 2.19. The number of rotatable bonds is 1. The van der Waals surface area contributed by atoms with Gasteiger partial charge in [0.05, 0.1) is 0 Å². The molecule has 78 valence electrons. The van der Waals surface area contributed by atoms with Crippen LogP contribution in [0, 0.1) is 0 Å². The first-order valence-corrected chi connectivity index (χ1v) is 5.81. The molecule has 2 aromatic heterocycles. The minimum Gasteiger partial charge on any atom is -0.351 e. The van der Waals surface area contributed by atoms with Crippen molar-refractivity contribution in [3.63, 3.8) is 0 Å². The smallest absolute Gasteiger partial charge is 0.180 e. The van der Waals surface area contributed by atoms with Gasteiger partial charge in [-0.1, -0.05) is 0 Å². The fourth-order valence-corrected chi connectivity index (χ4v) is 2.30. The molecule has 1 saturated heterocycles. The van der Waals surface area contributed by atoms with Crippen molar-refractivity contribution in [3.8, 4) is 0 Å². The third-order valence-electron chi connectivity index (χ3n) is 2.92. The van der Waals surface area contributed by atoms with Crippen LogP contribution in [0.3, 0.4) is 0 Å². The average molecular weight is 267 g/mol. The van der Waals surface area contributed by atoms with E-state index < -0.39 is 0 Å². The average Bonchev–Trinajstić information content (AvgIpc) is 2.63. The van der Waals surface area contributed by atoms with E-state index in [1.54, 1.807) is 6.20 Å². The first-order valence-electron chi connectivity index (χ1n) is 5.01. The van der Waals surface area contributed by atoms with Crippen LogP contribution >= 0.6 is 15.9 Å². The molecule has 0 spiro atoms. The predicted octanol–water partition coefficient (Wildman–Crippen LogP) is 2.09. The number of hydrogen-bond donors (Lipinski definition) is 0. The van der Waals surface area contributed by atoms with Crippen molar-refractivity contribution in [1.82, 2.24) is 14.4 Å². The van der Waals surface area contributed by atoms with Crippen molar-refractivity contribution in [2.45, 2.75) is 19.4 Å². The van der Waals surface area contributed by atoms with Crippen molar-refractivity contribution in [3.05, 3.63) is 23.2 Å². The molecule has 2 aromatic rings. The molecular formula is C10H11BrN4. The zero-order valence-electron chi connectivity index (χ0n) is 8.39. The van der Waals surface area contributed by atoms with E-state index in [-0.39, 0.29) is 0 Å². The molecule has 1 fully saturated rings. The summed E-state index contributed by atoms with van der Waals surface area (Å²) >= 11 is 3.42. The number of anilines is 1. The third-order valence-corrected chi connectivity index (χ3v) is 3.30. The number of nitrogens with zero attached hydrogens (tertiary/aromatic N) is 4. The largest absolute Gasteiger partial charge is 0.351 e. The molecule has 0 saturated carbocycles. The monoisotopic (exact) mass is 266 g/mol. The second kappa shape index (κ2) is 3.20. The summed E-state index contributed by atoms with van der Waals surface area (Å²) in [6.07, 6.45) is 6.91. The molecule has 0 unspecified atom stereocenters. The highest BCUT2D eigenvalue weighted by Gasteiger charge is 2.27. The fourth-order valence-electron chi connectivity index (χ4n) is 1.91. The lowest BCUT2D eigenvalue weighted by molar-refractivity contribution is 0.476. The predicted molar refractivity (Wildman–Crippen MR) is 62.1 cm³/mol. The van der Waals surface area contributed by atoms with Gasteiger partial charge in [0.2, 0.25) is 0 Å². The van der Waals surface area contributed by atoms with Crippen LogP contribution in [-0.2, 0) is 0 Å². The molecule has 1 aliphatic rings. The maximum atomic E-state index is 4.51. The highest BCUT2D eigenvalue weighted by Crippen LogP contribution is 2.28. The van der Waals surface area contributed by atoms with E-state index in [1.807, 2.05) is 16.8 Å². The zero-order valence-corrected chi connectivity index (χ0v) is 9.98. The second-order valence-corrected chi connectivity index (χ2v) is 4.69. The molecular weight excluding hydrogens is 256 g/mol. The number of halogens is 1. The Hall–Kier alpha value is -1.10. The number of fused-ring (bicyclic) bond motifs is 1. The van der Waals surface area contributed by atoms with Crippen molar-refractivity contribution in [1.29, 1.82) is 0 Å². The Morgan fingerprint density at radius 2 is 2.40 bits per heavy atom. The van der Waals surface area contributed by atoms with Gasteiger partial charge in [-0.2, -0.15) is 0 Å². The van der Waals surface area contributed by atoms with E-state index in [0.29, 0.717) is 6.04 Å². The summed E-state index contributed by atoms with van der Waals surface area (Å²) < 4.78 is 2.85. The molecule has 0 bridgehead atoms. The molecule has 0 radical (unpaired) electrons. The second-order valence-electron chi connectivity index (χ2n) is 3.88. The van der Waals surface area contributed by atoms with Crippen LogP contribution in [0.2, 0.25) is 0 Å². The summed E-state index contributed by atoms with van der Waals surface area (Å²) in [7, 11) is 0. The van der Waals surface area contributed by atoms with Crippen LogP contribution in [0.5, 0.6) is 0 Å². The molecule has 3 rings (SSSR count). The highest BCUT2D eigenvalue weighted by molar-refractivity contribution is 9.10. The minimum absolute atomic E-state index is 0.576. The Labute approximate surface area is 96.1 Å². The lowest BCUT2D eigenvalue weighted by Crippen LogP contribution is -2.46. The SMILES string of the molecule is C[C@H]1CCN1c1nc(Br)cn2ccnc12. The van der Waals surface area contributed by atoms with Crippen LogP contribution in [0.1, 0.15) is 13.3 Å². The van der Waals surface area contributed by atoms with E-state index in [1.165, 1.54) is 6.42 Å². The van der Waals surface area contributed by atoms with Gasteiger partial charge in [0, 0.05) is 31.2 Å². The first-order chi connectivity index (χ1) is 7.25. The Bertz CT molecular complexity index is 507. The normalized spacial score (nSPS) is 20.7. The zero-order chi connectivity index (χ0) is 10.4. The molecule has 3 heterocycles. The van der Waals surface area contributed by atoms with E-state index in [2.05, 4.69) is 37.7 Å². The number of aromatic nitrogens is 3.